The minimum Gasteiger partial charge on any atom is -0.497 e. The van der Waals surface area contributed by atoms with Crippen molar-refractivity contribution in [3.8, 4) is 17.2 Å². The molecule has 1 N–H and O–H groups in total. The molecule has 0 radical (unpaired) electrons. The first kappa shape index (κ1) is 18.1. The molecule has 1 unspecified atom stereocenters. The molecule has 0 fully saturated rings. The highest BCUT2D eigenvalue weighted by Gasteiger charge is 2.19. The first-order chi connectivity index (χ1) is 12.6. The van der Waals surface area contributed by atoms with E-state index in [4.69, 9.17) is 14.2 Å². The van der Waals surface area contributed by atoms with Gasteiger partial charge < -0.3 is 19.5 Å². The average Bonchev–Trinajstić information content (AvgIpc) is 3.13. The van der Waals surface area contributed by atoms with E-state index >= 15 is 0 Å². The van der Waals surface area contributed by atoms with Crippen molar-refractivity contribution in [3.63, 3.8) is 0 Å². The summed E-state index contributed by atoms with van der Waals surface area (Å²) in [6.45, 7) is 3.29. The number of nitrogens with zero attached hydrogens (tertiary/aromatic N) is 1. The minimum atomic E-state index is -0.244. The van der Waals surface area contributed by atoms with E-state index < -0.39 is 0 Å². The number of fused-ring (bicyclic) bond motifs is 1. The van der Waals surface area contributed by atoms with Gasteiger partial charge in [0.15, 0.2) is 11.5 Å². The zero-order chi connectivity index (χ0) is 18.5. The molecule has 2 aromatic carbocycles. The van der Waals surface area contributed by atoms with Gasteiger partial charge in [0.2, 0.25) is 12.7 Å². The summed E-state index contributed by atoms with van der Waals surface area (Å²) in [5.74, 6) is 2.28. The van der Waals surface area contributed by atoms with Gasteiger partial charge in [0, 0.05) is 13.1 Å². The van der Waals surface area contributed by atoms with Crippen molar-refractivity contribution >= 4 is 5.91 Å². The quantitative estimate of drug-likeness (QED) is 0.826. The lowest BCUT2D eigenvalue weighted by Gasteiger charge is -2.24. The van der Waals surface area contributed by atoms with Crippen LogP contribution in [0.2, 0.25) is 0 Å². The van der Waals surface area contributed by atoms with Crippen LogP contribution < -0.4 is 19.5 Å². The lowest BCUT2D eigenvalue weighted by atomic mass is 10.1. The van der Waals surface area contributed by atoms with Crippen LogP contribution in [0.3, 0.4) is 0 Å². The Morgan fingerprint density at radius 1 is 1.15 bits per heavy atom. The van der Waals surface area contributed by atoms with Crippen LogP contribution in [0.5, 0.6) is 17.2 Å². The topological polar surface area (TPSA) is 60.0 Å². The Morgan fingerprint density at radius 3 is 2.58 bits per heavy atom. The molecule has 1 amide bonds. The van der Waals surface area contributed by atoms with Gasteiger partial charge in [-0.25, -0.2) is 0 Å². The molecule has 0 spiro atoms. The van der Waals surface area contributed by atoms with E-state index in [-0.39, 0.29) is 18.7 Å². The molecular formula is C20H24N2O4. The van der Waals surface area contributed by atoms with Crippen molar-refractivity contribution in [2.24, 2.45) is 0 Å². The van der Waals surface area contributed by atoms with Gasteiger partial charge in [-0.15, -0.1) is 0 Å². The number of likely N-dealkylation sites (N-methyl/N-ethyl adjacent to an activating group) is 1. The number of carbonyl (C=O) groups is 1. The summed E-state index contributed by atoms with van der Waals surface area (Å²) in [4.78, 5) is 14.5. The smallest absolute Gasteiger partial charge is 0.237 e. The fraction of sp³-hybridized carbons (Fsp3) is 0.350. The fourth-order valence-electron chi connectivity index (χ4n) is 2.74. The average molecular weight is 356 g/mol. The molecule has 6 nitrogen and oxygen atoms in total. The van der Waals surface area contributed by atoms with Crippen LogP contribution in [0.4, 0.5) is 0 Å². The van der Waals surface area contributed by atoms with Crippen molar-refractivity contribution in [1.29, 1.82) is 0 Å². The van der Waals surface area contributed by atoms with Gasteiger partial charge in [-0.3, -0.25) is 9.69 Å². The third kappa shape index (κ3) is 4.26. The predicted molar refractivity (Wildman–Crippen MR) is 98.3 cm³/mol. The predicted octanol–water partition coefficient (Wildman–Crippen LogP) is 2.56. The molecule has 138 valence electrons. The largest absolute Gasteiger partial charge is 0.497 e. The normalized spacial score (nSPS) is 13.5. The SMILES string of the molecule is COc1ccc(CN(C)C(C)C(=O)NCc2ccc3c(c2)OCO3)cc1. The summed E-state index contributed by atoms with van der Waals surface area (Å²) in [6, 6.07) is 13.3. The molecule has 0 saturated heterocycles. The maximum Gasteiger partial charge on any atom is 0.237 e. The highest BCUT2D eigenvalue weighted by molar-refractivity contribution is 5.81. The lowest BCUT2D eigenvalue weighted by molar-refractivity contribution is -0.125. The van der Waals surface area contributed by atoms with E-state index in [0.29, 0.717) is 13.1 Å². The van der Waals surface area contributed by atoms with Gasteiger partial charge >= 0.3 is 0 Å². The number of methoxy groups -OCH3 is 1. The second-order valence-corrected chi connectivity index (χ2v) is 6.34. The molecule has 1 heterocycles. The van der Waals surface area contributed by atoms with Gasteiger partial charge in [-0.05, 0) is 49.4 Å². The first-order valence-corrected chi connectivity index (χ1v) is 8.56. The monoisotopic (exact) mass is 356 g/mol. The first-order valence-electron chi connectivity index (χ1n) is 8.56. The summed E-state index contributed by atoms with van der Waals surface area (Å²) in [6.07, 6.45) is 0. The van der Waals surface area contributed by atoms with Gasteiger partial charge in [-0.2, -0.15) is 0 Å². The van der Waals surface area contributed by atoms with E-state index in [9.17, 15) is 4.79 Å². The number of amides is 1. The van der Waals surface area contributed by atoms with Crippen molar-refractivity contribution in [1.82, 2.24) is 10.2 Å². The van der Waals surface area contributed by atoms with Crippen molar-refractivity contribution in [2.75, 3.05) is 21.0 Å². The Hall–Kier alpha value is -2.73. The molecule has 0 aromatic heterocycles. The van der Waals surface area contributed by atoms with E-state index in [1.807, 2.05) is 61.3 Å². The molecular weight excluding hydrogens is 332 g/mol. The molecule has 26 heavy (non-hydrogen) atoms. The molecule has 1 aliphatic heterocycles. The number of hydrogen-bond acceptors (Lipinski definition) is 5. The second-order valence-electron chi connectivity index (χ2n) is 6.34. The molecule has 0 bridgehead atoms. The van der Waals surface area contributed by atoms with Crippen LogP contribution in [0, 0.1) is 0 Å². The van der Waals surface area contributed by atoms with E-state index in [1.54, 1.807) is 7.11 Å². The molecule has 6 heteroatoms. The summed E-state index contributed by atoms with van der Waals surface area (Å²) in [5, 5.41) is 2.98. The third-order valence-electron chi connectivity index (χ3n) is 4.54. The minimum absolute atomic E-state index is 0.0151. The number of nitrogens with one attached hydrogen (secondary N) is 1. The van der Waals surface area contributed by atoms with Crippen molar-refractivity contribution in [2.45, 2.75) is 26.1 Å². The van der Waals surface area contributed by atoms with Crippen LogP contribution in [0.15, 0.2) is 42.5 Å². The second kappa shape index (κ2) is 8.10. The summed E-state index contributed by atoms with van der Waals surface area (Å²) in [5.41, 5.74) is 2.11. The van der Waals surface area contributed by atoms with Gasteiger partial charge in [0.25, 0.3) is 0 Å². The van der Waals surface area contributed by atoms with Crippen LogP contribution in [-0.2, 0) is 17.9 Å². The van der Waals surface area contributed by atoms with Crippen LogP contribution in [0.25, 0.3) is 0 Å². The summed E-state index contributed by atoms with van der Waals surface area (Å²) < 4.78 is 15.8. The summed E-state index contributed by atoms with van der Waals surface area (Å²) in [7, 11) is 3.59. The number of rotatable bonds is 7. The molecule has 1 atom stereocenters. The van der Waals surface area contributed by atoms with Crippen LogP contribution >= 0.6 is 0 Å². The lowest BCUT2D eigenvalue weighted by Crippen LogP contribution is -2.42. The number of carbonyl (C=O) groups excluding carboxylic acids is 1. The van der Waals surface area contributed by atoms with Crippen molar-refractivity contribution in [3.05, 3.63) is 53.6 Å². The van der Waals surface area contributed by atoms with E-state index in [0.717, 1.165) is 28.4 Å². The Kier molecular flexibility index (Phi) is 5.63. The maximum atomic E-state index is 12.5. The Bertz CT molecular complexity index is 761. The van der Waals surface area contributed by atoms with Gasteiger partial charge in [0.05, 0.1) is 13.2 Å². The Balaban J connectivity index is 1.51. The molecule has 3 rings (SSSR count). The zero-order valence-corrected chi connectivity index (χ0v) is 15.3. The Morgan fingerprint density at radius 2 is 1.85 bits per heavy atom. The standard InChI is InChI=1S/C20H24N2O4/c1-14(22(2)12-15-4-7-17(24-3)8-5-15)20(23)21-11-16-6-9-18-19(10-16)26-13-25-18/h4-10,14H,11-13H2,1-3H3,(H,21,23). The fourth-order valence-corrected chi connectivity index (χ4v) is 2.74. The van der Waals surface area contributed by atoms with Crippen LogP contribution in [0.1, 0.15) is 18.1 Å². The number of benzene rings is 2. The van der Waals surface area contributed by atoms with E-state index in [2.05, 4.69) is 5.32 Å². The van der Waals surface area contributed by atoms with Crippen molar-refractivity contribution < 1.29 is 19.0 Å². The number of hydrogen-bond donors (Lipinski definition) is 1. The Labute approximate surface area is 153 Å². The van der Waals surface area contributed by atoms with Crippen LogP contribution in [-0.4, -0.2) is 37.8 Å². The maximum absolute atomic E-state index is 12.5. The molecule has 0 aliphatic carbocycles. The van der Waals surface area contributed by atoms with E-state index in [1.165, 1.54) is 0 Å². The zero-order valence-electron chi connectivity index (χ0n) is 15.3. The third-order valence-corrected chi connectivity index (χ3v) is 4.54. The highest BCUT2D eigenvalue weighted by Crippen LogP contribution is 2.32. The molecule has 2 aromatic rings. The molecule has 1 aliphatic rings. The summed E-state index contributed by atoms with van der Waals surface area (Å²) >= 11 is 0. The van der Waals surface area contributed by atoms with Gasteiger partial charge in [-0.1, -0.05) is 18.2 Å². The molecule has 0 saturated carbocycles. The van der Waals surface area contributed by atoms with Gasteiger partial charge in [0.1, 0.15) is 5.75 Å². The number of ether oxygens (including phenoxy) is 3. The highest BCUT2D eigenvalue weighted by atomic mass is 16.7.